The third kappa shape index (κ3) is 2.42. The minimum absolute atomic E-state index is 0.276. The van der Waals surface area contributed by atoms with Crippen molar-refractivity contribution >= 4 is 10.9 Å². The molecule has 0 saturated carbocycles. The number of benzene rings is 1. The normalized spacial score (nSPS) is 11.6. The highest BCUT2D eigenvalue weighted by Gasteiger charge is 2.32. The average molecular weight is 283 g/mol. The summed E-state index contributed by atoms with van der Waals surface area (Å²) in [4.78, 5) is 0. The Labute approximate surface area is 113 Å². The topological polar surface area (TPSA) is 50.0 Å². The molecule has 0 saturated heterocycles. The van der Waals surface area contributed by atoms with E-state index in [4.69, 9.17) is 0 Å². The second kappa shape index (κ2) is 5.06. The third-order valence-corrected chi connectivity index (χ3v) is 2.97. The van der Waals surface area contributed by atoms with Crippen LogP contribution in [0.25, 0.3) is 10.9 Å². The fourth-order valence-electron chi connectivity index (χ4n) is 2.24. The Bertz CT molecular complexity index is 683. The lowest BCUT2D eigenvalue weighted by atomic mass is 10.1. The van der Waals surface area contributed by atoms with Crippen LogP contribution in [-0.4, -0.2) is 18.0 Å². The molecule has 7 heteroatoms. The number of fused-ring (bicyclic) bond motifs is 1. The van der Waals surface area contributed by atoms with Gasteiger partial charge in [-0.25, -0.2) is 0 Å². The number of halogens is 3. The summed E-state index contributed by atoms with van der Waals surface area (Å²) in [6.45, 7) is 0.276. The molecule has 1 heterocycles. The van der Waals surface area contributed by atoms with Crippen molar-refractivity contribution in [2.75, 3.05) is 7.05 Å². The fourth-order valence-corrected chi connectivity index (χ4v) is 2.24. The first kappa shape index (κ1) is 14.2. The molecule has 106 valence electrons. The fraction of sp³-hybridized carbons (Fsp3) is 0.308. The molecule has 0 radical (unpaired) electrons. The minimum Gasteiger partial charge on any atom is -0.405 e. The van der Waals surface area contributed by atoms with Gasteiger partial charge in [0.05, 0.1) is 5.52 Å². The van der Waals surface area contributed by atoms with Crippen LogP contribution >= 0.6 is 0 Å². The van der Waals surface area contributed by atoms with Crippen molar-refractivity contribution in [1.82, 2.24) is 9.88 Å². The van der Waals surface area contributed by atoms with E-state index in [9.17, 15) is 18.4 Å². The van der Waals surface area contributed by atoms with Crippen LogP contribution in [0.15, 0.2) is 18.2 Å². The van der Waals surface area contributed by atoms with Crippen molar-refractivity contribution in [2.45, 2.75) is 12.9 Å². The number of aryl methyl sites for hydroxylation is 1. The van der Waals surface area contributed by atoms with Crippen LogP contribution in [0.4, 0.5) is 13.2 Å². The van der Waals surface area contributed by atoms with Gasteiger partial charge in [-0.2, -0.15) is 5.26 Å². The molecule has 0 aliphatic heterocycles. The van der Waals surface area contributed by atoms with Gasteiger partial charge in [0.1, 0.15) is 17.5 Å². The molecule has 4 nitrogen and oxygen atoms in total. The molecule has 0 spiro atoms. The molecule has 0 unspecified atom stereocenters. The van der Waals surface area contributed by atoms with Gasteiger partial charge in [0, 0.05) is 24.5 Å². The maximum atomic E-state index is 12.5. The molecule has 2 rings (SSSR count). The second-order valence-electron chi connectivity index (χ2n) is 4.23. The monoisotopic (exact) mass is 283 g/mol. The molecule has 0 fully saturated rings. The summed E-state index contributed by atoms with van der Waals surface area (Å²) in [5.74, 6) is -0.294. The maximum Gasteiger partial charge on any atom is 0.573 e. The number of nitrogens with one attached hydrogen (secondary N) is 1. The summed E-state index contributed by atoms with van der Waals surface area (Å²) in [5, 5.41) is 12.3. The van der Waals surface area contributed by atoms with Crippen LogP contribution in [0.5, 0.6) is 5.75 Å². The van der Waals surface area contributed by atoms with Gasteiger partial charge in [0.15, 0.2) is 0 Å². The lowest BCUT2D eigenvalue weighted by molar-refractivity contribution is -0.274. The molecule has 2 aromatic rings. The zero-order chi connectivity index (χ0) is 14.9. The quantitative estimate of drug-likeness (QED) is 0.942. The van der Waals surface area contributed by atoms with Crippen molar-refractivity contribution in [1.29, 1.82) is 5.26 Å². The first-order chi connectivity index (χ1) is 9.39. The summed E-state index contributed by atoms with van der Waals surface area (Å²) in [7, 11) is 3.30. The van der Waals surface area contributed by atoms with E-state index < -0.39 is 6.36 Å². The average Bonchev–Trinajstić information content (AvgIpc) is 2.62. The van der Waals surface area contributed by atoms with Crippen molar-refractivity contribution < 1.29 is 17.9 Å². The molecular weight excluding hydrogens is 271 g/mol. The zero-order valence-corrected chi connectivity index (χ0v) is 10.9. The molecular formula is C13H12F3N3O. The summed E-state index contributed by atoms with van der Waals surface area (Å²) < 4.78 is 43.0. The summed E-state index contributed by atoms with van der Waals surface area (Å²) in [5.41, 5.74) is 1.33. The van der Waals surface area contributed by atoms with Crippen molar-refractivity contribution in [3.8, 4) is 11.8 Å². The Kier molecular flexibility index (Phi) is 3.59. The van der Waals surface area contributed by atoms with E-state index in [-0.39, 0.29) is 12.3 Å². The van der Waals surface area contributed by atoms with Gasteiger partial charge in [-0.3, -0.25) is 0 Å². The van der Waals surface area contributed by atoms with E-state index in [2.05, 4.69) is 10.1 Å². The number of aromatic nitrogens is 1. The summed E-state index contributed by atoms with van der Waals surface area (Å²) in [6, 6.07) is 6.38. The van der Waals surface area contributed by atoms with Crippen molar-refractivity contribution in [3.63, 3.8) is 0 Å². The highest BCUT2D eigenvalue weighted by atomic mass is 19.4. The number of alkyl halides is 3. The Morgan fingerprint density at radius 3 is 2.65 bits per heavy atom. The van der Waals surface area contributed by atoms with Crippen LogP contribution in [0.1, 0.15) is 11.3 Å². The number of nitriles is 1. The van der Waals surface area contributed by atoms with Gasteiger partial charge in [0.25, 0.3) is 0 Å². The standard InChI is InChI=1S/C13H12F3N3O/c1-18-7-8-10(6-17)19(2)9-4-3-5-11(12(8)9)20-13(14,15)16/h3-5,18H,7H2,1-2H3. The highest BCUT2D eigenvalue weighted by molar-refractivity contribution is 5.92. The van der Waals surface area contributed by atoms with E-state index in [0.29, 0.717) is 22.2 Å². The van der Waals surface area contributed by atoms with Crippen LogP contribution in [0.2, 0.25) is 0 Å². The zero-order valence-electron chi connectivity index (χ0n) is 10.9. The molecule has 1 aromatic heterocycles. The van der Waals surface area contributed by atoms with E-state index in [1.165, 1.54) is 12.1 Å². The maximum absolute atomic E-state index is 12.5. The van der Waals surface area contributed by atoms with E-state index in [0.717, 1.165) is 0 Å². The van der Waals surface area contributed by atoms with Gasteiger partial charge in [0.2, 0.25) is 0 Å². The summed E-state index contributed by atoms with van der Waals surface area (Å²) >= 11 is 0. The van der Waals surface area contributed by atoms with Crippen molar-refractivity contribution in [2.24, 2.45) is 7.05 Å². The SMILES string of the molecule is CNCc1c(C#N)n(C)c2cccc(OC(F)(F)F)c12. The van der Waals surface area contributed by atoms with E-state index >= 15 is 0 Å². The molecule has 1 N–H and O–H groups in total. The van der Waals surface area contributed by atoms with Gasteiger partial charge < -0.3 is 14.6 Å². The van der Waals surface area contributed by atoms with Gasteiger partial charge >= 0.3 is 6.36 Å². The van der Waals surface area contributed by atoms with Crippen LogP contribution in [-0.2, 0) is 13.6 Å². The Morgan fingerprint density at radius 1 is 1.40 bits per heavy atom. The van der Waals surface area contributed by atoms with E-state index in [1.54, 1.807) is 24.7 Å². The molecule has 0 amide bonds. The number of rotatable bonds is 3. The molecule has 0 aliphatic carbocycles. The van der Waals surface area contributed by atoms with Gasteiger partial charge in [-0.1, -0.05) is 6.07 Å². The predicted molar refractivity (Wildman–Crippen MR) is 67.1 cm³/mol. The minimum atomic E-state index is -4.77. The second-order valence-corrected chi connectivity index (χ2v) is 4.23. The molecule has 1 aromatic carbocycles. The first-order valence-electron chi connectivity index (χ1n) is 5.79. The largest absolute Gasteiger partial charge is 0.573 e. The Balaban J connectivity index is 2.75. The molecule has 20 heavy (non-hydrogen) atoms. The number of ether oxygens (including phenoxy) is 1. The third-order valence-electron chi connectivity index (χ3n) is 2.97. The van der Waals surface area contributed by atoms with Crippen LogP contribution in [0, 0.1) is 11.3 Å². The number of hydrogen-bond acceptors (Lipinski definition) is 3. The number of nitrogens with zero attached hydrogens (tertiary/aromatic N) is 2. The molecule has 0 bridgehead atoms. The van der Waals surface area contributed by atoms with Gasteiger partial charge in [-0.15, -0.1) is 13.2 Å². The van der Waals surface area contributed by atoms with E-state index in [1.807, 2.05) is 6.07 Å². The van der Waals surface area contributed by atoms with Crippen LogP contribution in [0.3, 0.4) is 0 Å². The Hall–Kier alpha value is -2.20. The lowest BCUT2D eigenvalue weighted by Crippen LogP contribution is -2.17. The molecule has 0 atom stereocenters. The lowest BCUT2D eigenvalue weighted by Gasteiger charge is -2.11. The first-order valence-corrected chi connectivity index (χ1v) is 5.79. The highest BCUT2D eigenvalue weighted by Crippen LogP contribution is 2.35. The summed E-state index contributed by atoms with van der Waals surface area (Å²) in [6.07, 6.45) is -4.77. The Morgan fingerprint density at radius 2 is 2.10 bits per heavy atom. The smallest absolute Gasteiger partial charge is 0.405 e. The van der Waals surface area contributed by atoms with Crippen LogP contribution < -0.4 is 10.1 Å². The number of hydrogen-bond donors (Lipinski definition) is 1. The van der Waals surface area contributed by atoms with Crippen molar-refractivity contribution in [3.05, 3.63) is 29.5 Å². The van der Waals surface area contributed by atoms with Gasteiger partial charge in [-0.05, 0) is 19.2 Å². The predicted octanol–water partition coefficient (Wildman–Crippen LogP) is 2.67. The molecule has 0 aliphatic rings.